The smallest absolute Gasteiger partial charge is 0.252 e. The molecule has 4 heteroatoms. The number of benzene rings is 1. The van der Waals surface area contributed by atoms with Crippen molar-refractivity contribution in [3.63, 3.8) is 0 Å². The summed E-state index contributed by atoms with van der Waals surface area (Å²) in [6.07, 6.45) is 2.19. The van der Waals surface area contributed by atoms with Crippen molar-refractivity contribution in [2.24, 2.45) is 5.92 Å². The summed E-state index contributed by atoms with van der Waals surface area (Å²) in [7, 11) is 0. The van der Waals surface area contributed by atoms with E-state index in [1.54, 1.807) is 0 Å². The quantitative estimate of drug-likeness (QED) is 0.868. The Bertz CT molecular complexity index is 413. The second-order valence-corrected chi connectivity index (χ2v) is 6.14. The van der Waals surface area contributed by atoms with Gasteiger partial charge in [-0.25, -0.2) is 0 Å². The Morgan fingerprint density at radius 1 is 1.38 bits per heavy atom. The topological polar surface area (TPSA) is 29.1 Å². The van der Waals surface area contributed by atoms with E-state index in [0.717, 1.165) is 27.7 Å². The maximum absolute atomic E-state index is 11.9. The molecule has 1 aliphatic carbocycles. The standard InChI is InChI=1S/C12H13Br2NO/c1-7-4-9(5-7)15-12(16)10-3-2-8(13)6-11(10)14/h2-3,6-7,9H,4-5H2,1H3,(H,15,16). The van der Waals surface area contributed by atoms with Crippen molar-refractivity contribution >= 4 is 37.8 Å². The maximum Gasteiger partial charge on any atom is 0.252 e. The van der Waals surface area contributed by atoms with Crippen molar-refractivity contribution in [1.82, 2.24) is 5.32 Å². The van der Waals surface area contributed by atoms with Crippen LogP contribution >= 0.6 is 31.9 Å². The Hall–Kier alpha value is -0.350. The molecule has 0 bridgehead atoms. The highest BCUT2D eigenvalue weighted by Crippen LogP contribution is 2.27. The molecule has 1 aliphatic rings. The molecule has 0 saturated heterocycles. The Morgan fingerprint density at radius 2 is 2.06 bits per heavy atom. The number of amides is 1. The zero-order chi connectivity index (χ0) is 11.7. The highest BCUT2D eigenvalue weighted by Gasteiger charge is 2.27. The Kier molecular flexibility index (Phi) is 3.70. The third-order valence-electron chi connectivity index (χ3n) is 2.88. The van der Waals surface area contributed by atoms with Crippen LogP contribution in [0.1, 0.15) is 30.1 Å². The van der Waals surface area contributed by atoms with Gasteiger partial charge < -0.3 is 5.32 Å². The van der Waals surface area contributed by atoms with E-state index in [0.29, 0.717) is 11.6 Å². The number of hydrogen-bond acceptors (Lipinski definition) is 1. The average Bonchev–Trinajstić information content (AvgIpc) is 2.15. The Morgan fingerprint density at radius 3 is 2.62 bits per heavy atom. The normalized spacial score (nSPS) is 23.7. The van der Waals surface area contributed by atoms with Crippen LogP contribution in [0.25, 0.3) is 0 Å². The van der Waals surface area contributed by atoms with E-state index in [2.05, 4.69) is 44.1 Å². The lowest BCUT2D eigenvalue weighted by Crippen LogP contribution is -2.43. The molecule has 1 aromatic carbocycles. The van der Waals surface area contributed by atoms with Gasteiger partial charge in [0.05, 0.1) is 5.56 Å². The SMILES string of the molecule is CC1CC(NC(=O)c2ccc(Br)cc2Br)C1. The molecule has 1 fully saturated rings. The van der Waals surface area contributed by atoms with Crippen molar-refractivity contribution in [3.05, 3.63) is 32.7 Å². The second-order valence-electron chi connectivity index (χ2n) is 4.37. The minimum absolute atomic E-state index is 0.0104. The molecule has 1 N–H and O–H groups in total. The number of rotatable bonds is 2. The van der Waals surface area contributed by atoms with Crippen LogP contribution in [0.4, 0.5) is 0 Å². The van der Waals surface area contributed by atoms with E-state index in [-0.39, 0.29) is 5.91 Å². The third-order valence-corrected chi connectivity index (χ3v) is 4.03. The van der Waals surface area contributed by atoms with E-state index in [1.165, 1.54) is 0 Å². The highest BCUT2D eigenvalue weighted by atomic mass is 79.9. The van der Waals surface area contributed by atoms with Gasteiger partial charge in [-0.1, -0.05) is 22.9 Å². The first-order chi connectivity index (χ1) is 7.56. The third kappa shape index (κ3) is 2.66. The highest BCUT2D eigenvalue weighted by molar-refractivity contribution is 9.11. The lowest BCUT2D eigenvalue weighted by atomic mass is 9.82. The van der Waals surface area contributed by atoms with Crippen molar-refractivity contribution in [1.29, 1.82) is 0 Å². The fourth-order valence-electron chi connectivity index (χ4n) is 1.96. The minimum atomic E-state index is 0.0104. The summed E-state index contributed by atoms with van der Waals surface area (Å²) in [5.74, 6) is 0.759. The molecule has 0 aromatic heterocycles. The number of nitrogens with one attached hydrogen (secondary N) is 1. The molecule has 2 rings (SSSR count). The first kappa shape index (κ1) is 12.1. The van der Waals surface area contributed by atoms with Crippen molar-refractivity contribution in [2.75, 3.05) is 0 Å². The molecular formula is C12H13Br2NO. The van der Waals surface area contributed by atoms with Crippen LogP contribution in [-0.4, -0.2) is 11.9 Å². The molecule has 1 amide bonds. The summed E-state index contributed by atoms with van der Waals surface area (Å²) in [6, 6.07) is 5.95. The van der Waals surface area contributed by atoms with E-state index in [4.69, 9.17) is 0 Å². The molecule has 0 radical (unpaired) electrons. The molecule has 2 nitrogen and oxygen atoms in total. The van der Waals surface area contributed by atoms with Crippen LogP contribution < -0.4 is 5.32 Å². The van der Waals surface area contributed by atoms with Crippen molar-refractivity contribution in [3.8, 4) is 0 Å². The summed E-state index contributed by atoms with van der Waals surface area (Å²) in [5, 5.41) is 3.04. The van der Waals surface area contributed by atoms with Crippen LogP contribution in [0.5, 0.6) is 0 Å². The number of hydrogen-bond donors (Lipinski definition) is 1. The average molecular weight is 347 g/mol. The van der Waals surface area contributed by atoms with Gasteiger partial charge in [0.1, 0.15) is 0 Å². The van der Waals surface area contributed by atoms with Gasteiger partial charge in [-0.2, -0.15) is 0 Å². The van der Waals surface area contributed by atoms with E-state index in [9.17, 15) is 4.79 Å². The lowest BCUT2D eigenvalue weighted by Gasteiger charge is -2.33. The van der Waals surface area contributed by atoms with Gasteiger partial charge in [-0.05, 0) is 52.9 Å². The largest absolute Gasteiger partial charge is 0.349 e. The zero-order valence-electron chi connectivity index (χ0n) is 8.97. The molecule has 1 aromatic rings. The van der Waals surface area contributed by atoms with E-state index >= 15 is 0 Å². The van der Waals surface area contributed by atoms with Crippen LogP contribution in [0.3, 0.4) is 0 Å². The molecule has 86 valence electrons. The number of carbonyl (C=O) groups is 1. The van der Waals surface area contributed by atoms with Gasteiger partial charge in [0.2, 0.25) is 0 Å². The van der Waals surface area contributed by atoms with Gasteiger partial charge in [0.25, 0.3) is 5.91 Å². The molecule has 0 aliphatic heterocycles. The van der Waals surface area contributed by atoms with Crippen LogP contribution in [0.2, 0.25) is 0 Å². The summed E-state index contributed by atoms with van der Waals surface area (Å²) in [6.45, 7) is 2.21. The van der Waals surface area contributed by atoms with Gasteiger partial charge >= 0.3 is 0 Å². The zero-order valence-corrected chi connectivity index (χ0v) is 12.1. The van der Waals surface area contributed by atoms with E-state index < -0.39 is 0 Å². The first-order valence-electron chi connectivity index (χ1n) is 5.32. The van der Waals surface area contributed by atoms with Gasteiger partial charge in [0, 0.05) is 15.0 Å². The monoisotopic (exact) mass is 345 g/mol. The fourth-order valence-corrected chi connectivity index (χ4v) is 3.18. The summed E-state index contributed by atoms with van der Waals surface area (Å²) in [4.78, 5) is 11.9. The van der Waals surface area contributed by atoms with Gasteiger partial charge in [0.15, 0.2) is 0 Å². The van der Waals surface area contributed by atoms with Gasteiger partial charge in [-0.3, -0.25) is 4.79 Å². The molecule has 0 spiro atoms. The van der Waals surface area contributed by atoms with Crippen LogP contribution in [-0.2, 0) is 0 Å². The summed E-state index contributed by atoms with van der Waals surface area (Å²) >= 11 is 6.77. The molecule has 16 heavy (non-hydrogen) atoms. The molecule has 0 heterocycles. The van der Waals surface area contributed by atoms with Crippen molar-refractivity contribution < 1.29 is 4.79 Å². The number of halogens is 2. The lowest BCUT2D eigenvalue weighted by molar-refractivity contribution is 0.0895. The predicted octanol–water partition coefficient (Wildman–Crippen LogP) is 3.74. The first-order valence-corrected chi connectivity index (χ1v) is 6.91. The number of carbonyl (C=O) groups excluding carboxylic acids is 1. The fraction of sp³-hybridized carbons (Fsp3) is 0.417. The minimum Gasteiger partial charge on any atom is -0.349 e. The second kappa shape index (κ2) is 4.88. The molecule has 1 saturated carbocycles. The maximum atomic E-state index is 11.9. The summed E-state index contributed by atoms with van der Waals surface area (Å²) in [5.41, 5.74) is 0.697. The molecular weight excluding hydrogens is 334 g/mol. The van der Waals surface area contributed by atoms with Crippen molar-refractivity contribution in [2.45, 2.75) is 25.8 Å². The summed E-state index contributed by atoms with van der Waals surface area (Å²) < 4.78 is 1.79. The molecule has 0 atom stereocenters. The predicted molar refractivity (Wildman–Crippen MR) is 71.5 cm³/mol. The van der Waals surface area contributed by atoms with Gasteiger partial charge in [-0.15, -0.1) is 0 Å². The Balaban J connectivity index is 2.03. The van der Waals surface area contributed by atoms with Crippen LogP contribution in [0, 0.1) is 5.92 Å². The van der Waals surface area contributed by atoms with E-state index in [1.807, 2.05) is 18.2 Å². The Labute approximate surface area is 112 Å². The molecule has 0 unspecified atom stereocenters. The van der Waals surface area contributed by atoms with Crippen LogP contribution in [0.15, 0.2) is 27.1 Å².